The zero-order chi connectivity index (χ0) is 25.9. The number of piperazine rings is 2. The normalized spacial score (nSPS) is 18.0. The van der Waals surface area contributed by atoms with Gasteiger partial charge in [-0.05, 0) is 37.7 Å². The van der Waals surface area contributed by atoms with Crippen LogP contribution >= 0.6 is 11.6 Å². The second kappa shape index (κ2) is 11.5. The van der Waals surface area contributed by atoms with Gasteiger partial charge in [0.15, 0.2) is 11.5 Å². The zero-order valence-electron chi connectivity index (χ0n) is 22.5. The third kappa shape index (κ3) is 5.67. The maximum Gasteiger partial charge on any atom is 0.162 e. The van der Waals surface area contributed by atoms with E-state index >= 15 is 0 Å². The molecule has 0 spiro atoms. The standard InChI is InChI=1S/C28H39ClN6O2/c1-21-23(29)6-5-7-25(21)34-15-12-32(13-16-34)14-17-35-26-19-28(37-4)27(36-3)18-22(26)24(30-35)20-33-10-8-31(2)9-11-33/h5-7,18-19H,8-17,20H2,1-4H3. The minimum atomic E-state index is 0.743. The predicted molar refractivity (Wildman–Crippen MR) is 150 cm³/mol. The van der Waals surface area contributed by atoms with Crippen LogP contribution in [0, 0.1) is 6.92 Å². The number of halogens is 1. The average molecular weight is 527 g/mol. The maximum absolute atomic E-state index is 6.37. The van der Waals surface area contributed by atoms with Gasteiger partial charge >= 0.3 is 0 Å². The highest BCUT2D eigenvalue weighted by molar-refractivity contribution is 6.31. The van der Waals surface area contributed by atoms with Crippen molar-refractivity contribution in [2.75, 3.05) is 85.1 Å². The maximum atomic E-state index is 6.37. The molecular formula is C28H39ClN6O2. The summed E-state index contributed by atoms with van der Waals surface area (Å²) in [6, 6.07) is 10.4. The van der Waals surface area contributed by atoms with Crippen molar-refractivity contribution >= 4 is 28.2 Å². The Bertz CT molecular complexity index is 1220. The number of ether oxygens (including phenoxy) is 2. The van der Waals surface area contributed by atoms with E-state index in [-0.39, 0.29) is 0 Å². The lowest BCUT2D eigenvalue weighted by Gasteiger charge is -2.37. The second-order valence-corrected chi connectivity index (χ2v) is 10.6. The Hall–Kier alpha value is -2.52. The molecule has 0 aliphatic carbocycles. The van der Waals surface area contributed by atoms with E-state index in [1.807, 2.05) is 12.1 Å². The van der Waals surface area contributed by atoms with Gasteiger partial charge in [0, 0.05) is 87.6 Å². The number of fused-ring (bicyclic) bond motifs is 1. The topological polar surface area (TPSA) is 49.2 Å². The molecule has 9 heteroatoms. The fourth-order valence-electron chi connectivity index (χ4n) is 5.46. The van der Waals surface area contributed by atoms with Gasteiger partial charge in [0.25, 0.3) is 0 Å². The van der Waals surface area contributed by atoms with Crippen LogP contribution in [-0.4, -0.2) is 105 Å². The molecule has 2 aliphatic heterocycles. The lowest BCUT2D eigenvalue weighted by atomic mass is 10.1. The Morgan fingerprint density at radius 3 is 2.24 bits per heavy atom. The molecule has 2 aliphatic rings. The van der Waals surface area contributed by atoms with Gasteiger partial charge in [-0.1, -0.05) is 17.7 Å². The molecule has 0 radical (unpaired) electrons. The fourth-order valence-corrected chi connectivity index (χ4v) is 5.63. The number of methoxy groups -OCH3 is 2. The fraction of sp³-hybridized carbons (Fsp3) is 0.536. The van der Waals surface area contributed by atoms with Crippen LogP contribution in [0.15, 0.2) is 30.3 Å². The molecule has 200 valence electrons. The highest BCUT2D eigenvalue weighted by Crippen LogP contribution is 2.34. The van der Waals surface area contributed by atoms with Crippen molar-refractivity contribution in [3.8, 4) is 11.5 Å². The number of anilines is 1. The van der Waals surface area contributed by atoms with Crippen molar-refractivity contribution in [1.82, 2.24) is 24.5 Å². The minimum Gasteiger partial charge on any atom is -0.493 e. The van der Waals surface area contributed by atoms with Crippen LogP contribution in [-0.2, 0) is 13.1 Å². The van der Waals surface area contributed by atoms with Crippen molar-refractivity contribution in [2.45, 2.75) is 20.0 Å². The summed E-state index contributed by atoms with van der Waals surface area (Å²) in [7, 11) is 5.57. The van der Waals surface area contributed by atoms with Crippen LogP contribution in [0.5, 0.6) is 11.5 Å². The van der Waals surface area contributed by atoms with Gasteiger partial charge in [0.1, 0.15) is 0 Å². The molecule has 37 heavy (non-hydrogen) atoms. The van der Waals surface area contributed by atoms with E-state index in [1.54, 1.807) is 14.2 Å². The van der Waals surface area contributed by atoms with E-state index in [9.17, 15) is 0 Å². The molecular weight excluding hydrogens is 488 g/mol. The lowest BCUT2D eigenvalue weighted by Crippen LogP contribution is -2.47. The molecule has 0 unspecified atom stereocenters. The summed E-state index contributed by atoms with van der Waals surface area (Å²) in [6.07, 6.45) is 0. The summed E-state index contributed by atoms with van der Waals surface area (Å²) in [5.41, 5.74) is 4.63. The molecule has 0 saturated carbocycles. The first-order chi connectivity index (χ1) is 18.0. The third-order valence-electron chi connectivity index (χ3n) is 7.88. The van der Waals surface area contributed by atoms with Crippen molar-refractivity contribution in [1.29, 1.82) is 0 Å². The van der Waals surface area contributed by atoms with Crippen LogP contribution < -0.4 is 14.4 Å². The molecule has 0 N–H and O–H groups in total. The first-order valence-electron chi connectivity index (χ1n) is 13.2. The second-order valence-electron chi connectivity index (χ2n) is 10.2. The van der Waals surface area contributed by atoms with Crippen molar-refractivity contribution < 1.29 is 9.47 Å². The molecule has 5 rings (SSSR count). The van der Waals surface area contributed by atoms with E-state index < -0.39 is 0 Å². The Morgan fingerprint density at radius 2 is 1.54 bits per heavy atom. The number of likely N-dealkylation sites (N-methyl/N-ethyl adjacent to an activating group) is 1. The van der Waals surface area contributed by atoms with Gasteiger partial charge in [0.05, 0.1) is 32.0 Å². The molecule has 3 aromatic rings. The zero-order valence-corrected chi connectivity index (χ0v) is 23.3. The Kier molecular flexibility index (Phi) is 8.09. The van der Waals surface area contributed by atoms with E-state index in [1.165, 1.54) is 5.69 Å². The van der Waals surface area contributed by atoms with Gasteiger partial charge in [-0.15, -0.1) is 0 Å². The molecule has 8 nitrogen and oxygen atoms in total. The van der Waals surface area contributed by atoms with Gasteiger partial charge in [-0.3, -0.25) is 14.5 Å². The SMILES string of the molecule is COc1cc2c(CN3CCN(C)CC3)nn(CCN3CCN(c4cccc(Cl)c4C)CC3)c2cc1OC. The minimum absolute atomic E-state index is 0.743. The summed E-state index contributed by atoms with van der Waals surface area (Å²) in [5, 5.41) is 7.11. The largest absolute Gasteiger partial charge is 0.493 e. The summed E-state index contributed by atoms with van der Waals surface area (Å²) in [6.45, 7) is 13.1. The Labute approximate surface area is 225 Å². The molecule has 2 saturated heterocycles. The van der Waals surface area contributed by atoms with Crippen LogP contribution in [0.25, 0.3) is 10.9 Å². The van der Waals surface area contributed by atoms with E-state index in [2.05, 4.69) is 56.5 Å². The quantitative estimate of drug-likeness (QED) is 0.444. The van der Waals surface area contributed by atoms with Gasteiger partial charge in [-0.2, -0.15) is 5.10 Å². The van der Waals surface area contributed by atoms with Crippen LogP contribution in [0.1, 0.15) is 11.3 Å². The number of benzene rings is 2. The van der Waals surface area contributed by atoms with Gasteiger partial charge in [0.2, 0.25) is 0 Å². The first-order valence-corrected chi connectivity index (χ1v) is 13.6. The summed E-state index contributed by atoms with van der Waals surface area (Å²) >= 11 is 6.37. The number of aromatic nitrogens is 2. The molecule has 0 bridgehead atoms. The molecule has 0 atom stereocenters. The van der Waals surface area contributed by atoms with Crippen molar-refractivity contribution in [2.24, 2.45) is 0 Å². The molecule has 1 aromatic heterocycles. The van der Waals surface area contributed by atoms with E-state index in [0.29, 0.717) is 0 Å². The van der Waals surface area contributed by atoms with Gasteiger partial charge < -0.3 is 19.3 Å². The smallest absolute Gasteiger partial charge is 0.162 e. The van der Waals surface area contributed by atoms with Gasteiger partial charge in [-0.25, -0.2) is 0 Å². The van der Waals surface area contributed by atoms with Crippen LogP contribution in [0.4, 0.5) is 5.69 Å². The third-order valence-corrected chi connectivity index (χ3v) is 8.29. The number of hydrogen-bond acceptors (Lipinski definition) is 7. The molecule has 2 aromatic carbocycles. The van der Waals surface area contributed by atoms with Crippen molar-refractivity contribution in [3.63, 3.8) is 0 Å². The first kappa shape index (κ1) is 26.1. The predicted octanol–water partition coefficient (Wildman–Crippen LogP) is 3.58. The van der Waals surface area contributed by atoms with E-state index in [0.717, 1.165) is 111 Å². The van der Waals surface area contributed by atoms with Crippen LogP contribution in [0.2, 0.25) is 5.02 Å². The lowest BCUT2D eigenvalue weighted by molar-refractivity contribution is 0.147. The van der Waals surface area contributed by atoms with E-state index in [4.69, 9.17) is 26.2 Å². The van der Waals surface area contributed by atoms with Crippen molar-refractivity contribution in [3.05, 3.63) is 46.6 Å². The average Bonchev–Trinajstić information content (AvgIpc) is 3.25. The number of nitrogens with zero attached hydrogens (tertiary/aromatic N) is 6. The summed E-state index contributed by atoms with van der Waals surface area (Å²) < 4.78 is 13.4. The summed E-state index contributed by atoms with van der Waals surface area (Å²) in [5.74, 6) is 1.49. The highest BCUT2D eigenvalue weighted by Gasteiger charge is 2.22. The monoisotopic (exact) mass is 526 g/mol. The Balaban J connectivity index is 1.30. The highest BCUT2D eigenvalue weighted by atomic mass is 35.5. The Morgan fingerprint density at radius 1 is 0.865 bits per heavy atom. The molecule has 2 fully saturated rings. The molecule has 3 heterocycles. The number of rotatable bonds is 8. The number of hydrogen-bond donors (Lipinski definition) is 0. The molecule has 0 amide bonds. The summed E-state index contributed by atoms with van der Waals surface area (Å²) in [4.78, 5) is 9.87. The van der Waals surface area contributed by atoms with Crippen LogP contribution in [0.3, 0.4) is 0 Å².